The Morgan fingerprint density at radius 1 is 0.969 bits per heavy atom. The van der Waals surface area contributed by atoms with Gasteiger partial charge in [0.2, 0.25) is 15.9 Å². The van der Waals surface area contributed by atoms with E-state index >= 15 is 0 Å². The SMILES string of the molecule is CC(=O)N1CCCc2ccc(S(=O)(=O)N(Cc3ccccc3)Cc3ccccc3C)cc21. The van der Waals surface area contributed by atoms with Crippen LogP contribution in [0.25, 0.3) is 0 Å². The van der Waals surface area contributed by atoms with Gasteiger partial charge in [0.25, 0.3) is 0 Å². The molecule has 0 radical (unpaired) electrons. The van der Waals surface area contributed by atoms with Crippen LogP contribution in [0.2, 0.25) is 0 Å². The standard InChI is InChI=1S/C26H28N2O3S/c1-20-9-6-7-12-24(20)19-27(18-22-10-4-3-5-11-22)32(30,31)25-15-14-23-13-8-16-28(21(2)29)26(23)17-25/h3-7,9-12,14-15,17H,8,13,16,18-19H2,1-2H3. The third kappa shape index (κ3) is 4.61. The number of rotatable bonds is 6. The van der Waals surface area contributed by atoms with E-state index in [9.17, 15) is 13.2 Å². The summed E-state index contributed by atoms with van der Waals surface area (Å²) < 4.78 is 29.2. The summed E-state index contributed by atoms with van der Waals surface area (Å²) in [7, 11) is -3.80. The van der Waals surface area contributed by atoms with Crippen molar-refractivity contribution in [2.24, 2.45) is 0 Å². The van der Waals surface area contributed by atoms with Crippen LogP contribution in [0.4, 0.5) is 5.69 Å². The maximum Gasteiger partial charge on any atom is 0.243 e. The van der Waals surface area contributed by atoms with Crippen molar-refractivity contribution in [3.63, 3.8) is 0 Å². The van der Waals surface area contributed by atoms with E-state index in [1.807, 2.05) is 67.6 Å². The lowest BCUT2D eigenvalue weighted by atomic mass is 10.0. The molecule has 0 fully saturated rings. The summed E-state index contributed by atoms with van der Waals surface area (Å²) in [6, 6.07) is 22.7. The Bertz CT molecular complexity index is 1220. The summed E-state index contributed by atoms with van der Waals surface area (Å²) in [5.41, 5.74) is 4.66. The Balaban J connectivity index is 1.75. The van der Waals surface area contributed by atoms with Crippen LogP contribution in [0, 0.1) is 6.92 Å². The lowest BCUT2D eigenvalue weighted by Gasteiger charge is -2.30. The van der Waals surface area contributed by atoms with Crippen molar-refractivity contribution in [2.75, 3.05) is 11.4 Å². The van der Waals surface area contributed by atoms with E-state index in [-0.39, 0.29) is 23.9 Å². The molecule has 3 aromatic rings. The van der Waals surface area contributed by atoms with Gasteiger partial charge in [0, 0.05) is 32.2 Å². The van der Waals surface area contributed by atoms with Crippen molar-refractivity contribution in [1.29, 1.82) is 0 Å². The average Bonchev–Trinajstić information content (AvgIpc) is 2.79. The van der Waals surface area contributed by atoms with Gasteiger partial charge in [-0.1, -0.05) is 60.7 Å². The zero-order valence-corrected chi connectivity index (χ0v) is 19.3. The molecule has 32 heavy (non-hydrogen) atoms. The minimum atomic E-state index is -3.80. The molecule has 1 amide bonds. The quantitative estimate of drug-likeness (QED) is 0.550. The second-order valence-electron chi connectivity index (χ2n) is 8.25. The number of sulfonamides is 1. The molecule has 0 atom stereocenters. The first kappa shape index (κ1) is 22.2. The summed E-state index contributed by atoms with van der Waals surface area (Å²) >= 11 is 0. The Labute approximate surface area is 190 Å². The van der Waals surface area contributed by atoms with Gasteiger partial charge >= 0.3 is 0 Å². The summed E-state index contributed by atoms with van der Waals surface area (Å²) in [6.07, 6.45) is 1.72. The predicted molar refractivity (Wildman–Crippen MR) is 127 cm³/mol. The fraction of sp³-hybridized carbons (Fsp3) is 0.269. The maximum atomic E-state index is 13.8. The van der Waals surface area contributed by atoms with Crippen LogP contribution >= 0.6 is 0 Å². The number of hydrogen-bond acceptors (Lipinski definition) is 3. The van der Waals surface area contributed by atoms with Crippen molar-refractivity contribution in [2.45, 2.75) is 44.7 Å². The van der Waals surface area contributed by atoms with Crippen molar-refractivity contribution >= 4 is 21.6 Å². The van der Waals surface area contributed by atoms with Crippen LogP contribution < -0.4 is 4.90 Å². The molecule has 1 aliphatic heterocycles. The van der Waals surface area contributed by atoms with Gasteiger partial charge in [-0.25, -0.2) is 8.42 Å². The van der Waals surface area contributed by atoms with Crippen LogP contribution in [0.5, 0.6) is 0 Å². The van der Waals surface area contributed by atoms with Gasteiger partial charge in [0.1, 0.15) is 0 Å². The molecule has 0 N–H and O–H groups in total. The molecule has 3 aromatic carbocycles. The van der Waals surface area contributed by atoms with Gasteiger partial charge in [-0.15, -0.1) is 0 Å². The fourth-order valence-electron chi connectivity index (χ4n) is 4.18. The highest BCUT2D eigenvalue weighted by Gasteiger charge is 2.28. The second-order valence-corrected chi connectivity index (χ2v) is 10.2. The highest BCUT2D eigenvalue weighted by molar-refractivity contribution is 7.89. The normalized spacial score (nSPS) is 13.8. The number of carbonyl (C=O) groups excluding carboxylic acids is 1. The Morgan fingerprint density at radius 2 is 1.69 bits per heavy atom. The monoisotopic (exact) mass is 448 g/mol. The Hall–Kier alpha value is -2.96. The van der Waals surface area contributed by atoms with Crippen LogP contribution in [0.3, 0.4) is 0 Å². The van der Waals surface area contributed by atoms with Gasteiger partial charge < -0.3 is 4.90 Å². The van der Waals surface area contributed by atoms with Crippen molar-refractivity contribution < 1.29 is 13.2 Å². The van der Waals surface area contributed by atoms with E-state index in [1.54, 1.807) is 17.0 Å². The summed E-state index contributed by atoms with van der Waals surface area (Å²) in [4.78, 5) is 14.0. The van der Waals surface area contributed by atoms with E-state index in [2.05, 4.69) is 0 Å². The molecular weight excluding hydrogens is 420 g/mol. The maximum absolute atomic E-state index is 13.8. The largest absolute Gasteiger partial charge is 0.312 e. The molecule has 0 aliphatic carbocycles. The summed E-state index contributed by atoms with van der Waals surface area (Å²) in [5, 5.41) is 0. The zero-order chi connectivity index (χ0) is 22.7. The van der Waals surface area contributed by atoms with E-state index in [4.69, 9.17) is 0 Å². The third-order valence-corrected chi connectivity index (χ3v) is 7.79. The van der Waals surface area contributed by atoms with E-state index < -0.39 is 10.0 Å². The predicted octanol–water partition coefficient (Wildman–Crippen LogP) is 4.69. The minimum absolute atomic E-state index is 0.0680. The third-order valence-electron chi connectivity index (χ3n) is 6.00. The Kier molecular flexibility index (Phi) is 6.44. The molecule has 0 aromatic heterocycles. The Morgan fingerprint density at radius 3 is 2.41 bits per heavy atom. The first-order valence-corrected chi connectivity index (χ1v) is 12.3. The number of nitrogens with zero attached hydrogens (tertiary/aromatic N) is 2. The average molecular weight is 449 g/mol. The first-order valence-electron chi connectivity index (χ1n) is 10.9. The number of carbonyl (C=O) groups is 1. The van der Waals surface area contributed by atoms with Gasteiger partial charge in [0.05, 0.1) is 4.90 Å². The first-order chi connectivity index (χ1) is 15.4. The van der Waals surface area contributed by atoms with Gasteiger partial charge in [-0.2, -0.15) is 4.31 Å². The van der Waals surface area contributed by atoms with E-state index in [1.165, 1.54) is 11.2 Å². The molecule has 166 valence electrons. The molecule has 6 heteroatoms. The smallest absolute Gasteiger partial charge is 0.243 e. The molecule has 0 unspecified atom stereocenters. The van der Waals surface area contributed by atoms with Crippen LogP contribution in [-0.2, 0) is 34.3 Å². The van der Waals surface area contributed by atoms with Crippen LogP contribution in [0.1, 0.15) is 35.6 Å². The molecule has 0 spiro atoms. The molecule has 1 heterocycles. The summed E-state index contributed by atoms with van der Waals surface area (Å²) in [6.45, 7) is 4.67. The molecule has 0 bridgehead atoms. The number of amides is 1. The topological polar surface area (TPSA) is 57.7 Å². The fourth-order valence-corrected chi connectivity index (χ4v) is 5.61. The van der Waals surface area contributed by atoms with Crippen molar-refractivity contribution in [1.82, 2.24) is 4.31 Å². The molecule has 4 rings (SSSR count). The molecular formula is C26H28N2O3S. The lowest BCUT2D eigenvalue weighted by Crippen LogP contribution is -2.34. The van der Waals surface area contributed by atoms with Gasteiger partial charge in [-0.05, 0) is 54.2 Å². The minimum Gasteiger partial charge on any atom is -0.312 e. The van der Waals surface area contributed by atoms with Gasteiger partial charge in [-0.3, -0.25) is 4.79 Å². The number of fused-ring (bicyclic) bond motifs is 1. The molecule has 0 saturated heterocycles. The molecule has 1 aliphatic rings. The highest BCUT2D eigenvalue weighted by atomic mass is 32.2. The lowest BCUT2D eigenvalue weighted by molar-refractivity contribution is -0.116. The van der Waals surface area contributed by atoms with Crippen LogP contribution in [0.15, 0.2) is 77.7 Å². The highest BCUT2D eigenvalue weighted by Crippen LogP contribution is 2.32. The number of benzene rings is 3. The number of hydrogen-bond donors (Lipinski definition) is 0. The van der Waals surface area contributed by atoms with Crippen LogP contribution in [-0.4, -0.2) is 25.2 Å². The van der Waals surface area contributed by atoms with E-state index in [0.717, 1.165) is 35.1 Å². The number of anilines is 1. The summed E-state index contributed by atoms with van der Waals surface area (Å²) in [5.74, 6) is -0.0680. The zero-order valence-electron chi connectivity index (χ0n) is 18.5. The van der Waals surface area contributed by atoms with Crippen molar-refractivity contribution in [3.8, 4) is 0 Å². The van der Waals surface area contributed by atoms with E-state index in [0.29, 0.717) is 12.2 Å². The second kappa shape index (κ2) is 9.27. The molecule has 0 saturated carbocycles. The number of aryl methyl sites for hydroxylation is 2. The molecule has 5 nitrogen and oxygen atoms in total. The van der Waals surface area contributed by atoms with Gasteiger partial charge in [0.15, 0.2) is 0 Å². The van der Waals surface area contributed by atoms with Crippen molar-refractivity contribution in [3.05, 3.63) is 95.1 Å².